The lowest BCUT2D eigenvalue weighted by Gasteiger charge is -2.13. The second-order valence-electron chi connectivity index (χ2n) is 2.99. The minimum Gasteiger partial charge on any atom is -0.569 e. The molecular formula is C9H19N3O4. The van der Waals surface area contributed by atoms with E-state index in [0.717, 1.165) is 0 Å². The molecule has 0 aromatic rings. The number of esters is 1. The van der Waals surface area contributed by atoms with Gasteiger partial charge < -0.3 is 14.8 Å². The van der Waals surface area contributed by atoms with Gasteiger partial charge in [-0.05, 0) is 20.3 Å². The Bertz CT molecular complexity index is 229. The third-order valence-corrected chi connectivity index (χ3v) is 1.83. The van der Waals surface area contributed by atoms with E-state index in [-0.39, 0.29) is 12.8 Å². The summed E-state index contributed by atoms with van der Waals surface area (Å²) in [5.74, 6) is -0.363. The summed E-state index contributed by atoms with van der Waals surface area (Å²) in [7, 11) is 0. The largest absolute Gasteiger partial charge is 0.569 e. The lowest BCUT2D eigenvalue weighted by molar-refractivity contribution is -0.710. The predicted molar refractivity (Wildman–Crippen MR) is 55.9 cm³/mol. The number of hydrogen-bond donors (Lipinski definition) is 0. The quantitative estimate of drug-likeness (QED) is 0.158. The highest BCUT2D eigenvalue weighted by atomic mass is 16.8. The highest BCUT2D eigenvalue weighted by Gasteiger charge is 2.07. The summed E-state index contributed by atoms with van der Waals surface area (Å²) in [6.45, 7) is 6.24. The third-order valence-electron chi connectivity index (χ3n) is 1.83. The van der Waals surface area contributed by atoms with E-state index in [1.165, 1.54) is 5.01 Å². The topological polar surface area (TPSA) is 77.2 Å². The molecule has 0 heterocycles. The fraction of sp³-hybridized carbons (Fsp3) is 0.889. The zero-order valence-electron chi connectivity index (χ0n) is 10.0. The van der Waals surface area contributed by atoms with Crippen molar-refractivity contribution in [2.45, 2.75) is 33.6 Å². The van der Waals surface area contributed by atoms with Crippen molar-refractivity contribution in [3.8, 4) is 0 Å². The van der Waals surface area contributed by atoms with Gasteiger partial charge in [-0.3, -0.25) is 4.79 Å². The number of hydrazine groups is 1. The van der Waals surface area contributed by atoms with Gasteiger partial charge in [0, 0.05) is 6.42 Å². The Balaban J connectivity index is 3.78. The monoisotopic (exact) mass is 233 g/mol. The van der Waals surface area contributed by atoms with Gasteiger partial charge in [0.1, 0.15) is 0 Å². The zero-order chi connectivity index (χ0) is 12.4. The summed E-state index contributed by atoms with van der Waals surface area (Å²) in [4.78, 5) is 15.8. The SMILES string of the molecule is CCCC(=O)OCO/N=[N+](/[O-])N(CC)CC. The van der Waals surface area contributed by atoms with E-state index < -0.39 is 0 Å². The van der Waals surface area contributed by atoms with Crippen LogP contribution in [-0.2, 0) is 14.4 Å². The third kappa shape index (κ3) is 6.05. The molecule has 0 aromatic heterocycles. The van der Waals surface area contributed by atoms with Crippen LogP contribution in [0.3, 0.4) is 0 Å². The number of hydrogen-bond acceptors (Lipinski definition) is 5. The Morgan fingerprint density at radius 2 is 2.00 bits per heavy atom. The van der Waals surface area contributed by atoms with Crippen LogP contribution in [0.5, 0.6) is 0 Å². The molecule has 7 heteroatoms. The van der Waals surface area contributed by atoms with Crippen LogP contribution in [-0.4, -0.2) is 35.8 Å². The average molecular weight is 233 g/mol. The van der Waals surface area contributed by atoms with Gasteiger partial charge in [-0.2, -0.15) is 0 Å². The first kappa shape index (κ1) is 14.5. The fourth-order valence-electron chi connectivity index (χ4n) is 0.959. The molecule has 0 saturated carbocycles. The Morgan fingerprint density at radius 1 is 1.38 bits per heavy atom. The molecule has 0 N–H and O–H groups in total. The van der Waals surface area contributed by atoms with Crippen molar-refractivity contribution in [2.75, 3.05) is 19.9 Å². The molecule has 0 radical (unpaired) electrons. The van der Waals surface area contributed by atoms with Gasteiger partial charge in [-0.1, -0.05) is 6.92 Å². The Kier molecular flexibility index (Phi) is 7.92. The molecule has 0 atom stereocenters. The Hall–Kier alpha value is -1.53. The van der Waals surface area contributed by atoms with Crippen LogP contribution in [0.4, 0.5) is 0 Å². The van der Waals surface area contributed by atoms with E-state index in [1.807, 2.05) is 20.8 Å². The van der Waals surface area contributed by atoms with Crippen molar-refractivity contribution in [3.63, 3.8) is 0 Å². The lowest BCUT2D eigenvalue weighted by Crippen LogP contribution is -2.30. The molecule has 0 rings (SSSR count). The predicted octanol–water partition coefficient (Wildman–Crippen LogP) is 1.44. The number of rotatable bonds is 8. The highest BCUT2D eigenvalue weighted by Crippen LogP contribution is 1.93. The maximum absolute atomic E-state index is 11.2. The maximum atomic E-state index is 11.2. The van der Waals surface area contributed by atoms with Crippen molar-refractivity contribution in [3.05, 3.63) is 5.21 Å². The van der Waals surface area contributed by atoms with Gasteiger partial charge in [0.2, 0.25) is 5.28 Å². The van der Waals surface area contributed by atoms with Gasteiger partial charge in [0.15, 0.2) is 0 Å². The summed E-state index contributed by atoms with van der Waals surface area (Å²) < 4.78 is 4.64. The van der Waals surface area contributed by atoms with E-state index in [2.05, 4.69) is 14.9 Å². The molecule has 7 nitrogen and oxygen atoms in total. The number of nitrogens with zero attached hydrogens (tertiary/aromatic N) is 3. The average Bonchev–Trinajstić information content (AvgIpc) is 2.26. The summed E-state index contributed by atoms with van der Waals surface area (Å²) in [5, 5.41) is 15.8. The number of ether oxygens (including phenoxy) is 1. The molecule has 0 aliphatic carbocycles. The zero-order valence-corrected chi connectivity index (χ0v) is 10.0. The molecule has 0 bridgehead atoms. The normalized spacial score (nSPS) is 11.1. The standard InChI is InChI=1S/C9H19N3O4/c1-4-7-9(13)15-8-16-10-12(14)11(5-2)6-3/h4-8H2,1-3H3/b12-10+. The molecule has 0 aromatic carbocycles. The fourth-order valence-corrected chi connectivity index (χ4v) is 0.959. The molecule has 94 valence electrons. The second-order valence-corrected chi connectivity index (χ2v) is 2.99. The minimum absolute atomic E-state index is 0.334. The molecule has 0 amide bonds. The molecule has 0 saturated heterocycles. The van der Waals surface area contributed by atoms with E-state index in [0.29, 0.717) is 30.9 Å². The maximum Gasteiger partial charge on any atom is 0.308 e. The lowest BCUT2D eigenvalue weighted by atomic mass is 10.3. The van der Waals surface area contributed by atoms with Crippen LogP contribution < -0.4 is 0 Å². The van der Waals surface area contributed by atoms with Gasteiger partial charge in [0.05, 0.1) is 18.1 Å². The molecule has 0 spiro atoms. The number of carbonyl (C=O) groups is 1. The summed E-state index contributed by atoms with van der Waals surface area (Å²) in [6, 6.07) is 0. The van der Waals surface area contributed by atoms with Gasteiger partial charge in [-0.15, -0.1) is 5.01 Å². The molecule has 0 aliphatic heterocycles. The van der Waals surface area contributed by atoms with Crippen LogP contribution in [0, 0.1) is 5.21 Å². The van der Waals surface area contributed by atoms with Crippen molar-refractivity contribution < 1.29 is 19.3 Å². The van der Waals surface area contributed by atoms with Crippen molar-refractivity contribution in [2.24, 2.45) is 5.28 Å². The van der Waals surface area contributed by atoms with Gasteiger partial charge >= 0.3 is 5.97 Å². The molecule has 0 aliphatic rings. The summed E-state index contributed by atoms with van der Waals surface area (Å²) in [5.41, 5.74) is 0. The van der Waals surface area contributed by atoms with E-state index >= 15 is 0 Å². The first-order chi connectivity index (χ1) is 7.65. The van der Waals surface area contributed by atoms with E-state index in [4.69, 9.17) is 0 Å². The Morgan fingerprint density at radius 3 is 2.50 bits per heavy atom. The number of carbonyl (C=O) groups excluding carboxylic acids is 1. The van der Waals surface area contributed by atoms with Crippen molar-refractivity contribution >= 4 is 5.97 Å². The van der Waals surface area contributed by atoms with Crippen molar-refractivity contribution in [1.29, 1.82) is 0 Å². The molecular weight excluding hydrogens is 214 g/mol. The first-order valence-corrected chi connectivity index (χ1v) is 5.36. The van der Waals surface area contributed by atoms with Crippen LogP contribution in [0.1, 0.15) is 33.6 Å². The smallest absolute Gasteiger partial charge is 0.308 e. The molecule has 0 unspecified atom stereocenters. The van der Waals surface area contributed by atoms with E-state index in [9.17, 15) is 10.0 Å². The van der Waals surface area contributed by atoms with Gasteiger partial charge in [-0.25, -0.2) is 0 Å². The van der Waals surface area contributed by atoms with Crippen molar-refractivity contribution in [1.82, 2.24) is 5.01 Å². The minimum atomic E-state index is -0.363. The second kappa shape index (κ2) is 8.75. The van der Waals surface area contributed by atoms with Crippen LogP contribution in [0.25, 0.3) is 0 Å². The molecule has 16 heavy (non-hydrogen) atoms. The summed E-state index contributed by atoms with van der Waals surface area (Å²) >= 11 is 0. The van der Waals surface area contributed by atoms with Crippen LogP contribution in [0.15, 0.2) is 5.28 Å². The molecule has 0 fully saturated rings. The van der Waals surface area contributed by atoms with Gasteiger partial charge in [0.25, 0.3) is 6.79 Å². The van der Waals surface area contributed by atoms with Crippen LogP contribution in [0.2, 0.25) is 0 Å². The highest BCUT2D eigenvalue weighted by molar-refractivity contribution is 5.69. The van der Waals surface area contributed by atoms with E-state index in [1.54, 1.807) is 0 Å². The van der Waals surface area contributed by atoms with Crippen LogP contribution >= 0.6 is 0 Å². The first-order valence-electron chi connectivity index (χ1n) is 5.36. The Labute approximate surface area is 95.1 Å². The summed E-state index contributed by atoms with van der Waals surface area (Å²) in [6.07, 6.45) is 1.05.